The molecule has 0 saturated heterocycles. The van der Waals surface area contributed by atoms with Crippen LogP contribution in [0.15, 0.2) is 75.5 Å². The summed E-state index contributed by atoms with van der Waals surface area (Å²) in [5.74, 6) is 0.311. The summed E-state index contributed by atoms with van der Waals surface area (Å²) in [5.41, 5.74) is 2.76. The fourth-order valence-electron chi connectivity index (χ4n) is 3.36. The van der Waals surface area contributed by atoms with Gasteiger partial charge in [-0.2, -0.15) is 0 Å². The molecule has 0 fully saturated rings. The summed E-state index contributed by atoms with van der Waals surface area (Å²) < 4.78 is 1.75. The Balaban J connectivity index is 1.59. The number of carbonyl (C=O) groups excluding carboxylic acids is 1. The maximum atomic E-state index is 13.2. The quantitative estimate of drug-likeness (QED) is 0.319. The first-order valence-corrected chi connectivity index (χ1v) is 11.5. The minimum absolute atomic E-state index is 0.0231. The van der Waals surface area contributed by atoms with Gasteiger partial charge in [-0.3, -0.25) is 14.2 Å². The molecule has 0 bridgehead atoms. The average Bonchev–Trinajstić information content (AvgIpc) is 3.13. The molecule has 0 N–H and O–H groups in total. The van der Waals surface area contributed by atoms with Gasteiger partial charge in [0.1, 0.15) is 0 Å². The second-order valence-corrected chi connectivity index (χ2v) is 9.46. The molecule has 6 heteroatoms. The average molecular weight is 423 g/mol. The van der Waals surface area contributed by atoms with E-state index in [0.717, 1.165) is 23.4 Å². The third-order valence-corrected chi connectivity index (χ3v) is 7.05. The van der Waals surface area contributed by atoms with Crippen LogP contribution in [-0.4, -0.2) is 26.3 Å². The van der Waals surface area contributed by atoms with Crippen molar-refractivity contribution >= 4 is 29.3 Å². The molecule has 0 saturated carbocycles. The van der Waals surface area contributed by atoms with Gasteiger partial charge in [-0.05, 0) is 12.0 Å². The van der Waals surface area contributed by atoms with Crippen LogP contribution in [0.5, 0.6) is 0 Å². The lowest BCUT2D eigenvalue weighted by molar-refractivity contribution is 0.102. The van der Waals surface area contributed by atoms with Crippen LogP contribution >= 0.6 is 23.5 Å². The van der Waals surface area contributed by atoms with Crippen molar-refractivity contribution in [3.05, 3.63) is 87.8 Å². The van der Waals surface area contributed by atoms with E-state index in [0.29, 0.717) is 22.5 Å². The summed E-state index contributed by atoms with van der Waals surface area (Å²) in [6, 6.07) is 19.4. The Morgan fingerprint density at radius 2 is 1.83 bits per heavy atom. The highest BCUT2D eigenvalue weighted by atomic mass is 32.2. The number of benzene rings is 2. The first kappa shape index (κ1) is 20.0. The second kappa shape index (κ2) is 9.01. The molecule has 29 heavy (non-hydrogen) atoms. The van der Waals surface area contributed by atoms with Gasteiger partial charge in [-0.25, -0.2) is 4.98 Å². The number of rotatable bonds is 7. The molecule has 1 aromatic heterocycles. The van der Waals surface area contributed by atoms with Crippen molar-refractivity contribution in [3.8, 4) is 0 Å². The Hall–Kier alpha value is -2.31. The molecule has 4 rings (SSSR count). The van der Waals surface area contributed by atoms with Gasteiger partial charge in [0.2, 0.25) is 0 Å². The first-order valence-electron chi connectivity index (χ1n) is 9.67. The van der Waals surface area contributed by atoms with E-state index in [1.165, 1.54) is 17.3 Å². The Bertz CT molecular complexity index is 1070. The largest absolute Gasteiger partial charge is 0.293 e. The zero-order valence-electron chi connectivity index (χ0n) is 16.2. The van der Waals surface area contributed by atoms with Gasteiger partial charge >= 0.3 is 0 Å². The molecule has 1 aliphatic rings. The van der Waals surface area contributed by atoms with Gasteiger partial charge in [-0.1, -0.05) is 79.3 Å². The van der Waals surface area contributed by atoms with Crippen molar-refractivity contribution in [2.24, 2.45) is 0 Å². The molecular weight excluding hydrogens is 400 g/mol. The van der Waals surface area contributed by atoms with Gasteiger partial charge < -0.3 is 0 Å². The number of hydrogen-bond donors (Lipinski definition) is 0. The summed E-state index contributed by atoms with van der Waals surface area (Å²) in [6.45, 7) is 2.67. The van der Waals surface area contributed by atoms with Crippen molar-refractivity contribution in [2.75, 3.05) is 5.75 Å². The number of Topliss-reactive ketones (excluding diaryl/α,β-unsaturated/α-hetero) is 1. The van der Waals surface area contributed by atoms with Gasteiger partial charge in [0.05, 0.1) is 16.3 Å². The molecule has 0 unspecified atom stereocenters. The lowest BCUT2D eigenvalue weighted by Crippen LogP contribution is -2.26. The molecule has 0 amide bonds. The molecule has 0 spiro atoms. The van der Waals surface area contributed by atoms with Crippen LogP contribution in [0.2, 0.25) is 0 Å². The van der Waals surface area contributed by atoms with Gasteiger partial charge in [0.25, 0.3) is 5.56 Å². The van der Waals surface area contributed by atoms with Gasteiger partial charge in [0, 0.05) is 23.8 Å². The number of aryl methyl sites for hydroxylation is 1. The summed E-state index contributed by atoms with van der Waals surface area (Å²) >= 11 is 2.97. The maximum absolute atomic E-state index is 13.2. The number of fused-ring (bicyclic) bond motifs is 1. The van der Waals surface area contributed by atoms with Crippen LogP contribution in [-0.2, 0) is 19.4 Å². The van der Waals surface area contributed by atoms with Gasteiger partial charge in [-0.15, -0.1) is 11.8 Å². The molecule has 2 heterocycles. The van der Waals surface area contributed by atoms with Crippen LogP contribution in [0.25, 0.3) is 0 Å². The number of thioether (sulfide) groups is 2. The third-order valence-electron chi connectivity index (χ3n) is 4.86. The van der Waals surface area contributed by atoms with Gasteiger partial charge in [0.15, 0.2) is 10.9 Å². The normalized spacial score (nSPS) is 15.3. The molecule has 1 atom stereocenters. The minimum atomic E-state index is 0.0231. The van der Waals surface area contributed by atoms with Crippen LogP contribution in [0.1, 0.15) is 28.5 Å². The SMILES string of the molecule is C[C@H]1Cc2nc(SCC(=O)c3ccccc3)n(CCc3ccccc3)c(=O)c2S1. The summed E-state index contributed by atoms with van der Waals surface area (Å²) in [7, 11) is 0. The maximum Gasteiger partial charge on any atom is 0.268 e. The number of nitrogens with zero attached hydrogens (tertiary/aromatic N) is 2. The number of hydrogen-bond acceptors (Lipinski definition) is 5. The Morgan fingerprint density at radius 3 is 2.55 bits per heavy atom. The van der Waals surface area contributed by atoms with Crippen LogP contribution < -0.4 is 5.56 Å². The molecule has 0 aliphatic carbocycles. The smallest absolute Gasteiger partial charge is 0.268 e. The third kappa shape index (κ3) is 4.65. The van der Waals surface area contributed by atoms with E-state index in [1.54, 1.807) is 16.3 Å². The Kier molecular flexibility index (Phi) is 6.21. The molecule has 4 nitrogen and oxygen atoms in total. The zero-order chi connectivity index (χ0) is 20.2. The summed E-state index contributed by atoms with van der Waals surface area (Å²) in [4.78, 5) is 31.3. The minimum Gasteiger partial charge on any atom is -0.293 e. The topological polar surface area (TPSA) is 52.0 Å². The standard InChI is InChI=1S/C23H22N2O2S2/c1-16-14-19-21(29-16)22(27)25(13-12-17-8-4-2-5-9-17)23(24-19)28-15-20(26)18-10-6-3-7-11-18/h2-11,16H,12-15H2,1H3/t16-/m0/s1. The van der Waals surface area contributed by atoms with E-state index >= 15 is 0 Å². The molecule has 0 radical (unpaired) electrons. The van der Waals surface area contributed by atoms with E-state index in [9.17, 15) is 9.59 Å². The number of ketones is 1. The lowest BCUT2D eigenvalue weighted by atomic mass is 10.1. The Labute approximate surface area is 178 Å². The summed E-state index contributed by atoms with van der Waals surface area (Å²) in [6.07, 6.45) is 1.55. The lowest BCUT2D eigenvalue weighted by Gasteiger charge is -2.13. The van der Waals surface area contributed by atoms with Crippen LogP contribution in [0.4, 0.5) is 0 Å². The Morgan fingerprint density at radius 1 is 1.14 bits per heavy atom. The van der Waals surface area contributed by atoms with E-state index in [2.05, 4.69) is 19.1 Å². The highest BCUT2D eigenvalue weighted by molar-refractivity contribution is 8.00. The van der Waals surface area contributed by atoms with Crippen molar-refractivity contribution in [2.45, 2.75) is 41.6 Å². The van der Waals surface area contributed by atoms with Crippen molar-refractivity contribution in [1.29, 1.82) is 0 Å². The number of aromatic nitrogens is 2. The second-order valence-electron chi connectivity index (χ2n) is 7.07. The van der Waals surface area contributed by atoms with E-state index in [1.807, 2.05) is 48.5 Å². The number of carbonyl (C=O) groups is 1. The van der Waals surface area contributed by atoms with Crippen molar-refractivity contribution in [3.63, 3.8) is 0 Å². The zero-order valence-corrected chi connectivity index (χ0v) is 17.8. The summed E-state index contributed by atoms with van der Waals surface area (Å²) in [5, 5.41) is 1.00. The fraction of sp³-hybridized carbons (Fsp3) is 0.261. The van der Waals surface area contributed by atoms with Crippen LogP contribution in [0, 0.1) is 0 Å². The molecule has 3 aromatic rings. The highest BCUT2D eigenvalue weighted by Gasteiger charge is 2.26. The highest BCUT2D eigenvalue weighted by Crippen LogP contribution is 2.34. The first-order chi connectivity index (χ1) is 14.1. The van der Waals surface area contributed by atoms with E-state index in [4.69, 9.17) is 4.98 Å². The molecule has 2 aromatic carbocycles. The van der Waals surface area contributed by atoms with Crippen molar-refractivity contribution in [1.82, 2.24) is 9.55 Å². The predicted molar refractivity (Wildman–Crippen MR) is 119 cm³/mol. The van der Waals surface area contributed by atoms with E-state index in [-0.39, 0.29) is 17.1 Å². The fourth-order valence-corrected chi connectivity index (χ4v) is 5.41. The molecule has 1 aliphatic heterocycles. The monoisotopic (exact) mass is 422 g/mol. The van der Waals surface area contributed by atoms with Crippen LogP contribution in [0.3, 0.4) is 0 Å². The molecule has 148 valence electrons. The predicted octanol–water partition coefficient (Wildman–Crippen LogP) is 4.50. The van der Waals surface area contributed by atoms with E-state index < -0.39 is 0 Å². The van der Waals surface area contributed by atoms with Crippen molar-refractivity contribution < 1.29 is 4.79 Å². The molecular formula is C23H22N2O2S2.